The smallest absolute Gasteiger partial charge is 0.192 e. The van der Waals surface area contributed by atoms with Crippen LogP contribution in [0.15, 0.2) is 82.5 Å². The molecule has 0 radical (unpaired) electrons. The fraction of sp³-hybridized carbons (Fsp3) is 0.267. The molecule has 4 aromatic heterocycles. The van der Waals surface area contributed by atoms with E-state index in [9.17, 15) is 0 Å². The molecule has 6 aromatic rings. The number of rotatable bonds is 6. The lowest BCUT2D eigenvalue weighted by atomic mass is 10.2. The predicted octanol–water partition coefficient (Wildman–Crippen LogP) is 7.17. The lowest BCUT2D eigenvalue weighted by Crippen LogP contribution is -2.40. The van der Waals surface area contributed by atoms with E-state index in [0.29, 0.717) is 23.9 Å². The average molecular weight is 725 g/mol. The highest BCUT2D eigenvalue weighted by Crippen LogP contribution is 2.37. The van der Waals surface area contributed by atoms with Gasteiger partial charge in [-0.05, 0) is 42.4 Å². The third kappa shape index (κ3) is 7.07. The van der Waals surface area contributed by atoms with E-state index in [0.717, 1.165) is 36.4 Å². The molecular formula is C30H32Br2N8O2Si. The van der Waals surface area contributed by atoms with Crippen LogP contribution in [0.25, 0.3) is 33.4 Å². The van der Waals surface area contributed by atoms with E-state index in [-0.39, 0.29) is 11.6 Å². The SMILES string of the molecule is CC(C)(C)[Si](C)(C)OCc1cncc(-n2ncc3ccc(Br)cc32)n1.OCc1cncc(-n2ncc3ccc(Br)cc32)n1. The lowest BCUT2D eigenvalue weighted by molar-refractivity contribution is 0.271. The first-order valence-electron chi connectivity index (χ1n) is 13.6. The molecule has 0 atom stereocenters. The summed E-state index contributed by atoms with van der Waals surface area (Å²) in [5.74, 6) is 1.29. The van der Waals surface area contributed by atoms with Crippen molar-refractivity contribution in [1.29, 1.82) is 0 Å². The van der Waals surface area contributed by atoms with Crippen LogP contribution in [0.3, 0.4) is 0 Å². The summed E-state index contributed by atoms with van der Waals surface area (Å²) in [5.41, 5.74) is 3.27. The number of aliphatic hydroxyl groups excluding tert-OH is 1. The Bertz CT molecular complexity index is 1880. The van der Waals surface area contributed by atoms with E-state index in [1.165, 1.54) is 6.20 Å². The van der Waals surface area contributed by atoms with Gasteiger partial charge in [0.2, 0.25) is 0 Å². The molecule has 0 fully saturated rings. The van der Waals surface area contributed by atoms with Crippen LogP contribution in [-0.2, 0) is 17.6 Å². The minimum atomic E-state index is -1.82. The van der Waals surface area contributed by atoms with Crippen molar-refractivity contribution >= 4 is 62.0 Å². The van der Waals surface area contributed by atoms with E-state index in [2.05, 4.69) is 90.9 Å². The number of halogens is 2. The molecule has 6 rings (SSSR count). The van der Waals surface area contributed by atoms with E-state index in [1.54, 1.807) is 29.5 Å². The molecule has 1 N–H and O–H groups in total. The fourth-order valence-corrected chi connectivity index (χ4v) is 5.60. The van der Waals surface area contributed by atoms with Gasteiger partial charge >= 0.3 is 0 Å². The van der Waals surface area contributed by atoms with E-state index < -0.39 is 8.32 Å². The predicted molar refractivity (Wildman–Crippen MR) is 177 cm³/mol. The quantitative estimate of drug-likeness (QED) is 0.180. The molecule has 0 amide bonds. The van der Waals surface area contributed by atoms with Crippen LogP contribution in [0.2, 0.25) is 18.1 Å². The Labute approximate surface area is 267 Å². The Morgan fingerprint density at radius 1 is 0.744 bits per heavy atom. The highest BCUT2D eigenvalue weighted by Gasteiger charge is 2.37. The third-order valence-electron chi connectivity index (χ3n) is 7.39. The molecule has 222 valence electrons. The Morgan fingerprint density at radius 3 is 1.72 bits per heavy atom. The van der Waals surface area contributed by atoms with Crippen molar-refractivity contribution in [3.63, 3.8) is 0 Å². The standard InChI is InChI=1S/C18H23BrN4OSi.C12H9BrN4O/c1-18(2,3)25(4,5)24-12-15-10-20-11-17(22-15)23-16-8-14(19)7-6-13(16)9-21-23;13-9-2-1-8-4-15-17(11(8)3-9)12-6-14-5-10(7-18)16-12/h6-11H,12H2,1-5H3;1-6,18H,7H2. The van der Waals surface area contributed by atoms with Crippen LogP contribution >= 0.6 is 31.9 Å². The van der Waals surface area contributed by atoms with Gasteiger partial charge in [-0.2, -0.15) is 10.2 Å². The zero-order valence-electron chi connectivity index (χ0n) is 24.5. The molecule has 0 aliphatic carbocycles. The van der Waals surface area contributed by atoms with Gasteiger partial charge in [-0.15, -0.1) is 0 Å². The van der Waals surface area contributed by atoms with Crippen molar-refractivity contribution in [3.05, 3.63) is 93.9 Å². The van der Waals surface area contributed by atoms with Crippen LogP contribution in [0.1, 0.15) is 32.2 Å². The molecule has 10 nitrogen and oxygen atoms in total. The number of hydrogen-bond acceptors (Lipinski definition) is 8. The van der Waals surface area contributed by atoms with Crippen LogP contribution < -0.4 is 0 Å². The summed E-state index contributed by atoms with van der Waals surface area (Å²) >= 11 is 6.95. The first-order valence-corrected chi connectivity index (χ1v) is 18.1. The number of fused-ring (bicyclic) bond motifs is 2. The second kappa shape index (κ2) is 12.7. The molecule has 0 bridgehead atoms. The number of benzene rings is 2. The summed E-state index contributed by atoms with van der Waals surface area (Å²) < 4.78 is 11.7. The molecule has 4 heterocycles. The van der Waals surface area contributed by atoms with Crippen molar-refractivity contribution in [3.8, 4) is 11.6 Å². The van der Waals surface area contributed by atoms with Gasteiger partial charge in [-0.1, -0.05) is 64.8 Å². The minimum absolute atomic E-state index is 0.135. The van der Waals surface area contributed by atoms with E-state index >= 15 is 0 Å². The van der Waals surface area contributed by atoms with E-state index in [1.807, 2.05) is 47.3 Å². The lowest BCUT2D eigenvalue weighted by Gasteiger charge is -2.36. The van der Waals surface area contributed by atoms with Crippen LogP contribution in [0, 0.1) is 0 Å². The van der Waals surface area contributed by atoms with Crippen molar-refractivity contribution in [2.75, 3.05) is 0 Å². The van der Waals surface area contributed by atoms with E-state index in [4.69, 9.17) is 14.5 Å². The number of hydrogen-bond donors (Lipinski definition) is 1. The summed E-state index contributed by atoms with van der Waals surface area (Å²) in [6.45, 7) is 11.5. The highest BCUT2D eigenvalue weighted by atomic mass is 79.9. The summed E-state index contributed by atoms with van der Waals surface area (Å²) in [7, 11) is -1.82. The van der Waals surface area contributed by atoms with Gasteiger partial charge in [0.05, 0.1) is 72.8 Å². The van der Waals surface area contributed by atoms with Crippen molar-refractivity contribution in [2.24, 2.45) is 0 Å². The maximum atomic E-state index is 9.08. The molecular weight excluding hydrogens is 692 g/mol. The van der Waals surface area contributed by atoms with Gasteiger partial charge in [0, 0.05) is 19.7 Å². The van der Waals surface area contributed by atoms with Gasteiger partial charge in [0.15, 0.2) is 20.0 Å². The highest BCUT2D eigenvalue weighted by molar-refractivity contribution is 9.10. The van der Waals surface area contributed by atoms with Gasteiger partial charge in [-0.3, -0.25) is 9.97 Å². The summed E-state index contributed by atoms with van der Waals surface area (Å²) in [5, 5.41) is 20.1. The maximum absolute atomic E-state index is 9.08. The molecule has 0 spiro atoms. The zero-order valence-corrected chi connectivity index (χ0v) is 28.7. The van der Waals surface area contributed by atoms with Gasteiger partial charge in [-0.25, -0.2) is 19.3 Å². The summed E-state index contributed by atoms with van der Waals surface area (Å²) in [6, 6.07) is 12.0. The molecule has 43 heavy (non-hydrogen) atoms. The first-order chi connectivity index (χ1) is 20.4. The Morgan fingerprint density at radius 2 is 1.23 bits per heavy atom. The second-order valence-electron chi connectivity index (χ2n) is 11.5. The van der Waals surface area contributed by atoms with Crippen LogP contribution in [-0.4, -0.2) is 52.9 Å². The van der Waals surface area contributed by atoms with Crippen molar-refractivity contribution in [1.82, 2.24) is 39.5 Å². The average Bonchev–Trinajstić information content (AvgIpc) is 3.60. The van der Waals surface area contributed by atoms with Crippen LogP contribution in [0.5, 0.6) is 0 Å². The third-order valence-corrected chi connectivity index (χ3v) is 12.9. The molecule has 0 aliphatic rings. The van der Waals surface area contributed by atoms with Gasteiger partial charge < -0.3 is 9.53 Å². The normalized spacial score (nSPS) is 12.0. The second-order valence-corrected chi connectivity index (χ2v) is 18.1. The Kier molecular flexibility index (Phi) is 9.18. The minimum Gasteiger partial charge on any atom is -0.411 e. The molecule has 0 unspecified atom stereocenters. The summed E-state index contributed by atoms with van der Waals surface area (Å²) in [4.78, 5) is 17.4. The largest absolute Gasteiger partial charge is 0.411 e. The number of aliphatic hydroxyl groups is 1. The van der Waals surface area contributed by atoms with Crippen molar-refractivity contribution in [2.45, 2.75) is 52.1 Å². The molecule has 2 aromatic carbocycles. The fourth-order valence-electron chi connectivity index (χ4n) is 3.96. The van der Waals surface area contributed by atoms with Gasteiger partial charge in [0.1, 0.15) is 0 Å². The zero-order chi connectivity index (χ0) is 30.8. The molecule has 13 heteroatoms. The molecule has 0 aliphatic heterocycles. The number of nitrogens with zero attached hydrogens (tertiary/aromatic N) is 8. The monoisotopic (exact) mass is 722 g/mol. The first kappa shape index (κ1) is 31.1. The van der Waals surface area contributed by atoms with Gasteiger partial charge in [0.25, 0.3) is 0 Å². The Balaban J connectivity index is 0.000000180. The topological polar surface area (TPSA) is 117 Å². The molecule has 0 saturated carbocycles. The summed E-state index contributed by atoms with van der Waals surface area (Å²) in [6.07, 6.45) is 10.2. The molecule has 0 saturated heterocycles. The van der Waals surface area contributed by atoms with Crippen molar-refractivity contribution < 1.29 is 9.53 Å². The maximum Gasteiger partial charge on any atom is 0.192 e. The number of aromatic nitrogens is 8. The van der Waals surface area contributed by atoms with Crippen LogP contribution in [0.4, 0.5) is 0 Å². The Hall–Kier alpha value is -3.36.